The summed E-state index contributed by atoms with van der Waals surface area (Å²) >= 11 is 6.83. The predicted octanol–water partition coefficient (Wildman–Crippen LogP) is 4.49. The molecule has 3 aliphatic heterocycles. The molecule has 2 aromatic carbocycles. The Morgan fingerprint density at radius 3 is 2.75 bits per heavy atom. The van der Waals surface area contributed by atoms with E-state index < -0.39 is 17.0 Å². The third-order valence-electron chi connectivity index (χ3n) is 7.60. The van der Waals surface area contributed by atoms with E-state index in [1.165, 1.54) is 4.90 Å². The Morgan fingerprint density at radius 1 is 1.23 bits per heavy atom. The number of hydrogen-bond donors (Lipinski definition) is 1. The van der Waals surface area contributed by atoms with Gasteiger partial charge in [-0.05, 0) is 56.7 Å². The second-order valence-corrected chi connectivity index (χ2v) is 11.4. The summed E-state index contributed by atoms with van der Waals surface area (Å²) in [4.78, 5) is 34.5. The lowest BCUT2D eigenvalue weighted by molar-refractivity contribution is -0.122. The van der Waals surface area contributed by atoms with Crippen molar-refractivity contribution in [2.75, 3.05) is 13.7 Å². The first-order valence-electron chi connectivity index (χ1n) is 13.1. The molecular formula is C30H28ClN5O4. The summed E-state index contributed by atoms with van der Waals surface area (Å²) < 4.78 is 11.6. The average molecular weight is 558 g/mol. The number of carbonyl (C=O) groups is 2. The first kappa shape index (κ1) is 26.0. The highest BCUT2D eigenvalue weighted by atomic mass is 35.5. The van der Waals surface area contributed by atoms with Gasteiger partial charge in [0, 0.05) is 5.92 Å². The summed E-state index contributed by atoms with van der Waals surface area (Å²) in [6, 6.07) is 13.6. The van der Waals surface area contributed by atoms with Gasteiger partial charge >= 0.3 is 6.03 Å². The van der Waals surface area contributed by atoms with Gasteiger partial charge < -0.3 is 14.8 Å². The van der Waals surface area contributed by atoms with Crippen LogP contribution in [0, 0.1) is 17.2 Å². The molecule has 204 valence electrons. The van der Waals surface area contributed by atoms with Crippen LogP contribution in [0.4, 0.5) is 4.79 Å². The maximum atomic E-state index is 14.3. The van der Waals surface area contributed by atoms with E-state index in [4.69, 9.17) is 26.1 Å². The van der Waals surface area contributed by atoms with Crippen molar-refractivity contribution in [3.63, 3.8) is 0 Å². The van der Waals surface area contributed by atoms with Gasteiger partial charge in [0.25, 0.3) is 0 Å². The molecule has 4 unspecified atom stereocenters. The van der Waals surface area contributed by atoms with Gasteiger partial charge in [-0.25, -0.2) is 4.79 Å². The van der Waals surface area contributed by atoms with Crippen molar-refractivity contribution in [1.29, 1.82) is 5.26 Å². The Labute approximate surface area is 237 Å². The number of carbonyl (C=O) groups excluding carboxylic acids is 2. The van der Waals surface area contributed by atoms with Crippen LogP contribution in [0.3, 0.4) is 0 Å². The van der Waals surface area contributed by atoms with Crippen LogP contribution in [-0.4, -0.2) is 58.2 Å². The van der Waals surface area contributed by atoms with Gasteiger partial charge in [-0.15, -0.1) is 11.6 Å². The quantitative estimate of drug-likeness (QED) is 0.431. The lowest BCUT2D eigenvalue weighted by Crippen LogP contribution is -2.64. The molecule has 0 spiro atoms. The van der Waals surface area contributed by atoms with Gasteiger partial charge in [-0.3, -0.25) is 19.6 Å². The van der Waals surface area contributed by atoms with Gasteiger partial charge in [0.2, 0.25) is 5.91 Å². The van der Waals surface area contributed by atoms with Crippen LogP contribution >= 0.6 is 11.6 Å². The zero-order chi connectivity index (χ0) is 28.3. The third kappa shape index (κ3) is 4.02. The second kappa shape index (κ2) is 9.42. The lowest BCUT2D eigenvalue weighted by Gasteiger charge is -2.50. The summed E-state index contributed by atoms with van der Waals surface area (Å²) in [5.74, 6) is 0.941. The van der Waals surface area contributed by atoms with Gasteiger partial charge in [0.1, 0.15) is 28.8 Å². The predicted molar refractivity (Wildman–Crippen MR) is 149 cm³/mol. The van der Waals surface area contributed by atoms with Gasteiger partial charge in [-0.1, -0.05) is 24.3 Å². The topological polar surface area (TPSA) is 107 Å². The maximum absolute atomic E-state index is 14.3. The number of rotatable bonds is 5. The summed E-state index contributed by atoms with van der Waals surface area (Å²) in [6.07, 6.45) is 3.70. The number of nitriles is 1. The molecular weight excluding hydrogens is 530 g/mol. The molecule has 1 aliphatic carbocycles. The zero-order valence-corrected chi connectivity index (χ0v) is 23.3. The minimum absolute atomic E-state index is 0.127. The molecule has 9 nitrogen and oxygen atoms in total. The van der Waals surface area contributed by atoms with Crippen molar-refractivity contribution in [1.82, 2.24) is 15.1 Å². The number of alkyl halides is 1. The fourth-order valence-corrected chi connectivity index (χ4v) is 6.13. The average Bonchev–Trinajstić information content (AvgIpc) is 3.32. The minimum Gasteiger partial charge on any atom is -0.497 e. The highest BCUT2D eigenvalue weighted by Crippen LogP contribution is 2.50. The van der Waals surface area contributed by atoms with Crippen molar-refractivity contribution in [3.8, 4) is 17.6 Å². The van der Waals surface area contributed by atoms with E-state index >= 15 is 0 Å². The number of benzene rings is 2. The number of fused-ring (bicyclic) bond motifs is 2. The van der Waals surface area contributed by atoms with E-state index in [1.54, 1.807) is 37.1 Å². The van der Waals surface area contributed by atoms with Crippen LogP contribution in [0.1, 0.15) is 43.5 Å². The monoisotopic (exact) mass is 557 g/mol. The minimum atomic E-state index is -0.970. The van der Waals surface area contributed by atoms with Crippen LogP contribution in [-0.2, 0) is 4.79 Å². The largest absolute Gasteiger partial charge is 0.497 e. The summed E-state index contributed by atoms with van der Waals surface area (Å²) in [7, 11) is 1.61. The first-order chi connectivity index (χ1) is 19.1. The molecule has 0 bridgehead atoms. The smallest absolute Gasteiger partial charge is 0.330 e. The number of nitrogens with one attached hydrogen (secondary N) is 1. The van der Waals surface area contributed by atoms with E-state index in [-0.39, 0.29) is 30.5 Å². The number of hydrogen-bond acceptors (Lipinski definition) is 6. The van der Waals surface area contributed by atoms with Crippen molar-refractivity contribution in [2.24, 2.45) is 10.9 Å². The molecule has 0 radical (unpaired) electrons. The molecule has 0 saturated carbocycles. The highest BCUT2D eigenvalue weighted by Gasteiger charge is 2.56. The molecule has 10 heteroatoms. The SMILES string of the molecule is COc1cccc(C2N=C(c3ccc(C#N)cc3OC(C)C)N3C(=O)N4CC(=O)NC5=C4C(C=CC5(C)Cl)C23)c1. The Bertz CT molecular complexity index is 1570. The number of ether oxygens (including phenoxy) is 2. The molecule has 3 amide bonds. The van der Waals surface area contributed by atoms with E-state index in [0.29, 0.717) is 39.9 Å². The molecule has 4 aliphatic rings. The number of amides is 3. The number of methoxy groups -OCH3 is 1. The van der Waals surface area contributed by atoms with Crippen molar-refractivity contribution < 1.29 is 19.1 Å². The standard InChI is InChI=1S/C30H28ClN5O4/c1-16(2)40-22-12-17(14-32)8-9-20(22)28-34-24(18-6-5-7-19(13-18)39-4)25-21-10-11-30(3,31)27-26(21)35(15-23(37)33-27)29(38)36(25)28/h5-13,16,21,24-25H,15H2,1-4H3,(H,33,37). The van der Waals surface area contributed by atoms with Crippen LogP contribution in [0.5, 0.6) is 11.5 Å². The highest BCUT2D eigenvalue weighted by molar-refractivity contribution is 6.27. The van der Waals surface area contributed by atoms with Gasteiger partial charge in [0.15, 0.2) is 0 Å². The van der Waals surface area contributed by atoms with Crippen LogP contribution in [0.2, 0.25) is 0 Å². The maximum Gasteiger partial charge on any atom is 0.330 e. The summed E-state index contributed by atoms with van der Waals surface area (Å²) in [6.45, 7) is 5.47. The van der Waals surface area contributed by atoms with Gasteiger partial charge in [-0.2, -0.15) is 5.26 Å². The number of nitrogens with zero attached hydrogens (tertiary/aromatic N) is 4. The molecule has 2 aromatic rings. The molecule has 4 atom stereocenters. The Balaban J connectivity index is 1.57. The molecule has 1 fully saturated rings. The van der Waals surface area contributed by atoms with Crippen molar-refractivity contribution in [2.45, 2.75) is 43.8 Å². The van der Waals surface area contributed by atoms with Crippen LogP contribution in [0.15, 0.2) is 71.0 Å². The van der Waals surface area contributed by atoms with E-state index in [0.717, 1.165) is 5.56 Å². The first-order valence-corrected chi connectivity index (χ1v) is 13.5. The number of urea groups is 1. The number of aliphatic imine (C=N–C) groups is 1. The number of allylic oxidation sites excluding steroid dienone is 1. The molecule has 1 saturated heterocycles. The van der Waals surface area contributed by atoms with Crippen LogP contribution < -0.4 is 14.8 Å². The van der Waals surface area contributed by atoms with Crippen molar-refractivity contribution >= 4 is 29.4 Å². The van der Waals surface area contributed by atoms with E-state index in [2.05, 4.69) is 11.4 Å². The van der Waals surface area contributed by atoms with E-state index in [9.17, 15) is 14.9 Å². The zero-order valence-electron chi connectivity index (χ0n) is 22.5. The van der Waals surface area contributed by atoms with Crippen molar-refractivity contribution in [3.05, 3.63) is 82.7 Å². The third-order valence-corrected chi connectivity index (χ3v) is 7.91. The Kier molecular flexibility index (Phi) is 6.11. The molecule has 3 heterocycles. The lowest BCUT2D eigenvalue weighted by atomic mass is 9.78. The number of halogens is 1. The fourth-order valence-electron chi connectivity index (χ4n) is 5.91. The summed E-state index contributed by atoms with van der Waals surface area (Å²) in [5.41, 5.74) is 3.11. The molecule has 0 aromatic heterocycles. The summed E-state index contributed by atoms with van der Waals surface area (Å²) in [5, 5.41) is 12.5. The molecule has 6 rings (SSSR count). The normalized spacial score (nSPS) is 26.7. The van der Waals surface area contributed by atoms with Crippen LogP contribution in [0.25, 0.3) is 0 Å². The van der Waals surface area contributed by atoms with Gasteiger partial charge in [0.05, 0.1) is 53.9 Å². The Hall–Kier alpha value is -4.29. The fraction of sp³-hybridized carbons (Fsp3) is 0.333. The van der Waals surface area contributed by atoms with E-state index in [1.807, 2.05) is 50.3 Å². The number of amidine groups is 1. The molecule has 1 N–H and O–H groups in total. The Morgan fingerprint density at radius 2 is 2.02 bits per heavy atom. The molecule has 40 heavy (non-hydrogen) atoms. The second-order valence-electron chi connectivity index (χ2n) is 10.7.